The van der Waals surface area contributed by atoms with Crippen molar-refractivity contribution in [3.05, 3.63) is 64.0 Å². The number of fused-ring (bicyclic) bond motifs is 3. The van der Waals surface area contributed by atoms with Crippen LogP contribution in [0.5, 0.6) is 0 Å². The number of carbonyl (C=O) groups excluding carboxylic acids is 1. The Morgan fingerprint density at radius 1 is 1.17 bits per heavy atom. The van der Waals surface area contributed by atoms with Crippen LogP contribution >= 0.6 is 22.9 Å². The Hall–Kier alpha value is -2.26. The average molecular weight is 460 g/mol. The molecule has 1 amide bonds. The molecule has 2 aliphatic rings. The van der Waals surface area contributed by atoms with Gasteiger partial charge in [-0.1, -0.05) is 35.9 Å². The molecule has 0 bridgehead atoms. The summed E-state index contributed by atoms with van der Waals surface area (Å²) in [7, 11) is -3.78. The highest BCUT2D eigenvalue weighted by Gasteiger charge is 2.40. The number of carbonyl (C=O) groups is 1. The van der Waals surface area contributed by atoms with Gasteiger partial charge in [-0.15, -0.1) is 11.3 Å². The second-order valence-corrected chi connectivity index (χ2v) is 10.8. The van der Waals surface area contributed by atoms with Gasteiger partial charge in [0, 0.05) is 28.4 Å². The number of halogens is 1. The van der Waals surface area contributed by atoms with E-state index in [4.69, 9.17) is 11.6 Å². The van der Waals surface area contributed by atoms with Gasteiger partial charge in [0.25, 0.3) is 0 Å². The number of sulfonamides is 1. The molecule has 1 fully saturated rings. The van der Waals surface area contributed by atoms with Crippen LogP contribution in [0.25, 0.3) is 11.3 Å². The fourth-order valence-electron chi connectivity index (χ4n) is 4.03. The highest BCUT2D eigenvalue weighted by Crippen LogP contribution is 2.41. The SMILES string of the molecule is O=C(Nc1nc2c(s1)Cc1ccccc1-2)C1CCCN1S(=O)(=O)c1ccc(Cl)cc1. The zero-order valence-corrected chi connectivity index (χ0v) is 18.2. The molecule has 2 aromatic carbocycles. The lowest BCUT2D eigenvalue weighted by Crippen LogP contribution is -2.43. The van der Waals surface area contributed by atoms with Crippen molar-refractivity contribution in [1.29, 1.82) is 0 Å². The first-order valence-electron chi connectivity index (χ1n) is 9.60. The quantitative estimate of drug-likeness (QED) is 0.497. The van der Waals surface area contributed by atoms with E-state index in [0.717, 1.165) is 22.6 Å². The highest BCUT2D eigenvalue weighted by molar-refractivity contribution is 7.89. The molecule has 0 saturated carbocycles. The number of hydrogen-bond acceptors (Lipinski definition) is 5. The standard InChI is InChI=1S/C21H18ClN3O3S2/c22-14-7-9-15(10-8-14)30(27,28)25-11-3-6-17(25)20(26)24-21-23-19-16-5-2-1-4-13(16)12-18(19)29-21/h1-2,4-5,7-10,17H,3,6,11-12H2,(H,23,24,26). The molecule has 154 valence electrons. The topological polar surface area (TPSA) is 79.4 Å². The Balaban J connectivity index is 1.36. The van der Waals surface area contributed by atoms with Crippen molar-refractivity contribution in [2.24, 2.45) is 0 Å². The fraction of sp³-hybridized carbons (Fsp3) is 0.238. The first-order chi connectivity index (χ1) is 14.4. The van der Waals surface area contributed by atoms with E-state index in [1.807, 2.05) is 18.2 Å². The number of anilines is 1. The zero-order valence-electron chi connectivity index (χ0n) is 15.8. The second kappa shape index (κ2) is 7.46. The normalized spacial score (nSPS) is 18.2. The molecule has 1 aliphatic heterocycles. The summed E-state index contributed by atoms with van der Waals surface area (Å²) in [4.78, 5) is 18.8. The molecule has 3 aromatic rings. The van der Waals surface area contributed by atoms with Crippen LogP contribution in [0.1, 0.15) is 23.3 Å². The summed E-state index contributed by atoms with van der Waals surface area (Å²) in [6, 6.07) is 13.4. The van der Waals surface area contributed by atoms with Crippen LogP contribution in [-0.4, -0.2) is 36.2 Å². The van der Waals surface area contributed by atoms with E-state index in [-0.39, 0.29) is 10.8 Å². The Morgan fingerprint density at radius 3 is 2.73 bits per heavy atom. The van der Waals surface area contributed by atoms with Crippen molar-refractivity contribution in [1.82, 2.24) is 9.29 Å². The first kappa shape index (κ1) is 19.7. The van der Waals surface area contributed by atoms with Crippen LogP contribution in [0, 0.1) is 0 Å². The van der Waals surface area contributed by atoms with Gasteiger partial charge in [0.1, 0.15) is 6.04 Å². The number of benzene rings is 2. The van der Waals surface area contributed by atoms with Crippen molar-refractivity contribution in [2.75, 3.05) is 11.9 Å². The minimum absolute atomic E-state index is 0.136. The maximum Gasteiger partial charge on any atom is 0.244 e. The summed E-state index contributed by atoms with van der Waals surface area (Å²) in [5.74, 6) is -0.342. The third-order valence-electron chi connectivity index (χ3n) is 5.48. The molecule has 1 saturated heterocycles. The summed E-state index contributed by atoms with van der Waals surface area (Å²) in [6.45, 7) is 0.310. The fourth-order valence-corrected chi connectivity index (χ4v) is 6.82. The Labute approximate surface area is 183 Å². The van der Waals surface area contributed by atoms with Crippen molar-refractivity contribution in [3.63, 3.8) is 0 Å². The van der Waals surface area contributed by atoms with Crippen molar-refractivity contribution in [2.45, 2.75) is 30.2 Å². The molecule has 0 radical (unpaired) electrons. The minimum Gasteiger partial charge on any atom is -0.301 e. The monoisotopic (exact) mass is 459 g/mol. The van der Waals surface area contributed by atoms with Crippen molar-refractivity contribution in [3.8, 4) is 11.3 Å². The summed E-state index contributed by atoms with van der Waals surface area (Å²) in [5, 5.41) is 3.82. The van der Waals surface area contributed by atoms with E-state index in [9.17, 15) is 13.2 Å². The molecule has 1 aromatic heterocycles. The van der Waals surface area contributed by atoms with Gasteiger partial charge in [0.15, 0.2) is 5.13 Å². The average Bonchev–Trinajstić information content (AvgIpc) is 3.43. The lowest BCUT2D eigenvalue weighted by Gasteiger charge is -2.23. The van der Waals surface area contributed by atoms with Gasteiger partial charge in [-0.25, -0.2) is 13.4 Å². The summed E-state index contributed by atoms with van der Waals surface area (Å²) < 4.78 is 27.4. The van der Waals surface area contributed by atoms with Gasteiger partial charge in [0.2, 0.25) is 15.9 Å². The van der Waals surface area contributed by atoms with E-state index in [1.165, 1.54) is 45.5 Å². The molecule has 6 nitrogen and oxygen atoms in total. The Kier molecular flexibility index (Phi) is 4.89. The molecular weight excluding hydrogens is 442 g/mol. The maximum absolute atomic E-state index is 13.1. The third-order valence-corrected chi connectivity index (χ3v) is 8.62. The molecule has 1 aliphatic carbocycles. The molecule has 1 unspecified atom stereocenters. The van der Waals surface area contributed by atoms with Crippen molar-refractivity contribution >= 4 is 44.0 Å². The number of rotatable bonds is 4. The van der Waals surface area contributed by atoms with Gasteiger partial charge < -0.3 is 5.32 Å². The number of hydrogen-bond donors (Lipinski definition) is 1. The first-order valence-corrected chi connectivity index (χ1v) is 12.2. The van der Waals surface area contributed by atoms with Gasteiger partial charge in [-0.05, 0) is 42.7 Å². The van der Waals surface area contributed by atoms with E-state index < -0.39 is 16.1 Å². The van der Waals surface area contributed by atoms with E-state index in [0.29, 0.717) is 29.5 Å². The van der Waals surface area contributed by atoms with Crippen LogP contribution < -0.4 is 5.32 Å². The largest absolute Gasteiger partial charge is 0.301 e. The number of amides is 1. The molecule has 0 spiro atoms. The lowest BCUT2D eigenvalue weighted by molar-refractivity contribution is -0.119. The van der Waals surface area contributed by atoms with Gasteiger partial charge in [-0.3, -0.25) is 4.79 Å². The number of thiazole rings is 1. The summed E-state index contributed by atoms with van der Waals surface area (Å²) in [6.07, 6.45) is 1.92. The van der Waals surface area contributed by atoms with E-state index in [2.05, 4.69) is 16.4 Å². The van der Waals surface area contributed by atoms with Gasteiger partial charge >= 0.3 is 0 Å². The third kappa shape index (κ3) is 3.33. The molecule has 5 rings (SSSR count). The summed E-state index contributed by atoms with van der Waals surface area (Å²) in [5.41, 5.74) is 3.24. The summed E-state index contributed by atoms with van der Waals surface area (Å²) >= 11 is 7.32. The highest BCUT2D eigenvalue weighted by atomic mass is 35.5. The minimum atomic E-state index is -3.78. The predicted octanol–water partition coefficient (Wildman–Crippen LogP) is 4.16. The second-order valence-electron chi connectivity index (χ2n) is 7.34. The Morgan fingerprint density at radius 2 is 1.93 bits per heavy atom. The van der Waals surface area contributed by atoms with E-state index in [1.54, 1.807) is 0 Å². The molecule has 9 heteroatoms. The van der Waals surface area contributed by atoms with Crippen LogP contribution in [0.4, 0.5) is 5.13 Å². The number of aromatic nitrogens is 1. The zero-order chi connectivity index (χ0) is 20.9. The smallest absolute Gasteiger partial charge is 0.244 e. The predicted molar refractivity (Wildman–Crippen MR) is 117 cm³/mol. The maximum atomic E-state index is 13.1. The van der Waals surface area contributed by atoms with E-state index >= 15 is 0 Å². The molecule has 2 heterocycles. The molecule has 30 heavy (non-hydrogen) atoms. The van der Waals surface area contributed by atoms with Crippen molar-refractivity contribution < 1.29 is 13.2 Å². The van der Waals surface area contributed by atoms with Crippen LogP contribution in [0.2, 0.25) is 5.02 Å². The Bertz CT molecular complexity index is 1240. The lowest BCUT2D eigenvalue weighted by atomic mass is 10.1. The van der Waals surface area contributed by atoms with Gasteiger partial charge in [-0.2, -0.15) is 4.31 Å². The van der Waals surface area contributed by atoms with Crippen LogP contribution in [0.15, 0.2) is 53.4 Å². The number of nitrogens with one attached hydrogen (secondary N) is 1. The number of nitrogens with zero attached hydrogens (tertiary/aromatic N) is 2. The molecule has 1 N–H and O–H groups in total. The molecular formula is C21H18ClN3O3S2. The van der Waals surface area contributed by atoms with Crippen LogP contribution in [0.3, 0.4) is 0 Å². The molecule has 1 atom stereocenters. The van der Waals surface area contributed by atoms with Crippen LogP contribution in [-0.2, 0) is 21.2 Å². The van der Waals surface area contributed by atoms with Gasteiger partial charge in [0.05, 0.1) is 10.6 Å².